The summed E-state index contributed by atoms with van der Waals surface area (Å²) in [5.74, 6) is -0.998. The molecule has 0 aromatic carbocycles. The number of phosphoric acid groups is 1. The summed E-state index contributed by atoms with van der Waals surface area (Å²) < 4.78 is 34.0. The molecule has 1 amide bonds. The van der Waals surface area contributed by atoms with Gasteiger partial charge in [-0.1, -0.05) is 199 Å². The molecule has 2 atom stereocenters. The number of hydrogen-bond donors (Lipinski definition) is 2. The number of nitrogens with one attached hydrogen (secondary N) is 1. The van der Waals surface area contributed by atoms with Crippen LogP contribution in [-0.2, 0) is 37.5 Å². The highest BCUT2D eigenvalue weighted by atomic mass is 31.2. The van der Waals surface area contributed by atoms with E-state index in [4.69, 9.17) is 18.5 Å². The lowest BCUT2D eigenvalue weighted by atomic mass is 10.1. The Morgan fingerprint density at radius 1 is 0.469 bits per heavy atom. The molecule has 11 heteroatoms. The third kappa shape index (κ3) is 47.9. The van der Waals surface area contributed by atoms with Crippen molar-refractivity contribution in [3.63, 3.8) is 0 Å². The zero-order chi connectivity index (χ0) is 46.9. The summed E-state index contributed by atoms with van der Waals surface area (Å²) in [6.45, 7) is 5.80. The van der Waals surface area contributed by atoms with Gasteiger partial charge < -0.3 is 19.7 Å². The Bertz CT molecular complexity index is 1160. The molecule has 0 rings (SSSR count). The number of unbranched alkanes of at least 4 members (excludes halogenated alkanes) is 30. The first-order chi connectivity index (χ1) is 31.2. The average Bonchev–Trinajstić information content (AvgIpc) is 3.28. The maximum Gasteiger partial charge on any atom is 0.472 e. The summed E-state index contributed by atoms with van der Waals surface area (Å²) >= 11 is 0. The molecule has 0 aromatic heterocycles. The molecule has 0 radical (unpaired) electrons. The summed E-state index contributed by atoms with van der Waals surface area (Å²) in [5.41, 5.74) is 0. The Morgan fingerprint density at radius 2 is 0.828 bits per heavy atom. The minimum absolute atomic E-state index is 0.0620. The van der Waals surface area contributed by atoms with Crippen LogP contribution in [0.4, 0.5) is 0 Å². The number of phosphoric ester groups is 1. The smallest absolute Gasteiger partial charge is 0.462 e. The molecule has 0 saturated heterocycles. The lowest BCUT2D eigenvalue weighted by Crippen LogP contribution is -2.30. The first-order valence-corrected chi connectivity index (χ1v) is 28.3. The van der Waals surface area contributed by atoms with E-state index in [1.54, 1.807) is 0 Å². The normalized spacial score (nSPS) is 13.1. The molecule has 0 saturated carbocycles. The fourth-order valence-corrected chi connectivity index (χ4v) is 8.30. The summed E-state index contributed by atoms with van der Waals surface area (Å²) in [7, 11) is -4.53. The second-order valence-corrected chi connectivity index (χ2v) is 19.4. The third-order valence-corrected chi connectivity index (χ3v) is 12.6. The van der Waals surface area contributed by atoms with E-state index in [1.165, 1.54) is 128 Å². The lowest BCUT2D eigenvalue weighted by molar-refractivity contribution is -0.161. The van der Waals surface area contributed by atoms with Gasteiger partial charge in [0.05, 0.1) is 13.2 Å². The SMILES string of the molecule is CCCCCCCC/C=C\CCCCCCCC(=O)OCC(COP(=O)(O)OCCNC(=O)CCCCCCCCCCC)OC(=O)CCCCCCC/C=C\CCCCCCCC. The Morgan fingerprint density at radius 3 is 1.25 bits per heavy atom. The second kappa shape index (κ2) is 48.9. The number of rotatable bonds is 50. The molecule has 0 fully saturated rings. The van der Waals surface area contributed by atoms with E-state index in [9.17, 15) is 23.8 Å². The summed E-state index contributed by atoms with van der Waals surface area (Å²) in [6.07, 6.45) is 49.7. The van der Waals surface area contributed by atoms with Crippen molar-refractivity contribution in [2.45, 2.75) is 271 Å². The summed E-state index contributed by atoms with van der Waals surface area (Å²) in [4.78, 5) is 48.0. The molecule has 0 heterocycles. The Labute approximate surface area is 393 Å². The van der Waals surface area contributed by atoms with Crippen molar-refractivity contribution < 1.29 is 42.4 Å². The van der Waals surface area contributed by atoms with Gasteiger partial charge in [0.15, 0.2) is 6.10 Å². The minimum Gasteiger partial charge on any atom is -0.462 e. The molecule has 2 N–H and O–H groups in total. The van der Waals surface area contributed by atoms with Crippen LogP contribution in [0.3, 0.4) is 0 Å². The average molecular weight is 926 g/mol. The Hall–Kier alpha value is -2.00. The van der Waals surface area contributed by atoms with Gasteiger partial charge in [-0.05, 0) is 70.6 Å². The van der Waals surface area contributed by atoms with Gasteiger partial charge in [-0.3, -0.25) is 23.4 Å². The first kappa shape index (κ1) is 62.0. The van der Waals surface area contributed by atoms with Crippen molar-refractivity contribution >= 4 is 25.7 Å². The minimum atomic E-state index is -4.53. The molecule has 0 aliphatic heterocycles. The van der Waals surface area contributed by atoms with Crippen molar-refractivity contribution in [1.82, 2.24) is 5.32 Å². The molecular weight excluding hydrogens is 826 g/mol. The van der Waals surface area contributed by atoms with Crippen molar-refractivity contribution in [1.29, 1.82) is 0 Å². The highest BCUT2D eigenvalue weighted by Crippen LogP contribution is 2.43. The Balaban J connectivity index is 4.56. The van der Waals surface area contributed by atoms with Crippen LogP contribution in [0.1, 0.15) is 265 Å². The fraction of sp³-hybridized carbons (Fsp3) is 0.868. The number of amides is 1. The quantitative estimate of drug-likeness (QED) is 0.0264. The zero-order valence-electron chi connectivity index (χ0n) is 41.7. The topological polar surface area (TPSA) is 137 Å². The van der Waals surface area contributed by atoms with Gasteiger partial charge in [-0.25, -0.2) is 4.57 Å². The van der Waals surface area contributed by atoms with Gasteiger partial charge in [0, 0.05) is 25.8 Å². The second-order valence-electron chi connectivity index (χ2n) is 18.0. The van der Waals surface area contributed by atoms with E-state index < -0.39 is 32.5 Å². The monoisotopic (exact) mass is 926 g/mol. The molecule has 0 aromatic rings. The number of allylic oxidation sites excluding steroid dienone is 4. The first-order valence-electron chi connectivity index (χ1n) is 26.8. The van der Waals surface area contributed by atoms with Crippen LogP contribution in [-0.4, -0.2) is 55.2 Å². The van der Waals surface area contributed by atoms with E-state index in [0.29, 0.717) is 19.3 Å². The molecule has 64 heavy (non-hydrogen) atoms. The van der Waals surface area contributed by atoms with Crippen molar-refractivity contribution in [3.05, 3.63) is 24.3 Å². The van der Waals surface area contributed by atoms with Crippen LogP contribution in [0.5, 0.6) is 0 Å². The largest absolute Gasteiger partial charge is 0.472 e. The van der Waals surface area contributed by atoms with Gasteiger partial charge in [0.2, 0.25) is 5.91 Å². The van der Waals surface area contributed by atoms with Crippen LogP contribution < -0.4 is 5.32 Å². The predicted octanol–water partition coefficient (Wildman–Crippen LogP) is 15.7. The van der Waals surface area contributed by atoms with Gasteiger partial charge >= 0.3 is 19.8 Å². The number of ether oxygens (including phenoxy) is 2. The molecule has 0 aliphatic rings. The highest BCUT2D eigenvalue weighted by molar-refractivity contribution is 7.47. The van der Waals surface area contributed by atoms with Crippen LogP contribution in [0.2, 0.25) is 0 Å². The third-order valence-electron chi connectivity index (χ3n) is 11.6. The maximum absolute atomic E-state index is 12.8. The number of esters is 2. The van der Waals surface area contributed by atoms with Crippen LogP contribution in [0.15, 0.2) is 24.3 Å². The van der Waals surface area contributed by atoms with Gasteiger partial charge in [0.25, 0.3) is 0 Å². The van der Waals surface area contributed by atoms with Gasteiger partial charge in [-0.2, -0.15) is 0 Å². The van der Waals surface area contributed by atoms with Crippen molar-refractivity contribution in [3.8, 4) is 0 Å². The van der Waals surface area contributed by atoms with E-state index in [2.05, 4.69) is 50.4 Å². The summed E-state index contributed by atoms with van der Waals surface area (Å²) in [5, 5.41) is 2.72. The number of hydrogen-bond acceptors (Lipinski definition) is 8. The van der Waals surface area contributed by atoms with Crippen LogP contribution >= 0.6 is 7.82 Å². The zero-order valence-corrected chi connectivity index (χ0v) is 42.6. The highest BCUT2D eigenvalue weighted by Gasteiger charge is 2.26. The van der Waals surface area contributed by atoms with Crippen molar-refractivity contribution in [2.24, 2.45) is 0 Å². The number of carbonyl (C=O) groups excluding carboxylic acids is 3. The summed E-state index contributed by atoms with van der Waals surface area (Å²) in [6, 6.07) is 0. The van der Waals surface area contributed by atoms with E-state index >= 15 is 0 Å². The maximum atomic E-state index is 12.8. The molecular formula is C53H100NO9P. The standard InChI is InChI=1S/C53H100NO9P/c1-4-7-10-13-16-19-21-23-25-27-29-32-35-38-41-44-52(56)60-48-50(63-53(57)45-42-39-36-33-30-28-26-24-22-20-17-14-11-8-5-2)49-62-64(58,59)61-47-46-54-51(55)43-40-37-34-31-18-15-12-9-6-3/h23-26,50H,4-22,27-49H2,1-3H3,(H,54,55)(H,58,59)/b25-23-,26-24-. The molecule has 0 spiro atoms. The van der Waals surface area contributed by atoms with Crippen LogP contribution in [0, 0.1) is 0 Å². The van der Waals surface area contributed by atoms with Crippen molar-refractivity contribution in [2.75, 3.05) is 26.4 Å². The van der Waals surface area contributed by atoms with E-state index in [0.717, 1.165) is 83.5 Å². The van der Waals surface area contributed by atoms with Gasteiger partial charge in [0.1, 0.15) is 6.61 Å². The van der Waals surface area contributed by atoms with Gasteiger partial charge in [-0.15, -0.1) is 0 Å². The molecule has 10 nitrogen and oxygen atoms in total. The molecule has 376 valence electrons. The molecule has 0 aliphatic carbocycles. The Kier molecular flexibility index (Phi) is 47.4. The lowest BCUT2D eigenvalue weighted by Gasteiger charge is -2.20. The predicted molar refractivity (Wildman–Crippen MR) is 266 cm³/mol. The van der Waals surface area contributed by atoms with Crippen LogP contribution in [0.25, 0.3) is 0 Å². The van der Waals surface area contributed by atoms with E-state index in [1.807, 2.05) is 0 Å². The number of carbonyl (C=O) groups is 3. The van der Waals surface area contributed by atoms with E-state index in [-0.39, 0.29) is 38.5 Å². The molecule has 0 bridgehead atoms. The fourth-order valence-electron chi connectivity index (χ4n) is 7.55. The molecule has 2 unspecified atom stereocenters.